The van der Waals surface area contributed by atoms with Gasteiger partial charge in [0, 0.05) is 23.8 Å². The normalized spacial score (nSPS) is 16.4. The lowest BCUT2D eigenvalue weighted by atomic mass is 10.1. The maximum Gasteiger partial charge on any atom is 0.338 e. The summed E-state index contributed by atoms with van der Waals surface area (Å²) in [6.45, 7) is 6.39. The van der Waals surface area contributed by atoms with Crippen molar-refractivity contribution in [2.75, 3.05) is 18.5 Å². The number of benzene rings is 2. The van der Waals surface area contributed by atoms with Crippen LogP contribution in [-0.4, -0.2) is 43.1 Å². The minimum absolute atomic E-state index is 0.102. The van der Waals surface area contributed by atoms with Crippen molar-refractivity contribution < 1.29 is 28.6 Å². The Morgan fingerprint density at radius 1 is 1.00 bits per heavy atom. The highest BCUT2D eigenvalue weighted by atomic mass is 16.5. The van der Waals surface area contributed by atoms with Crippen molar-refractivity contribution in [3.05, 3.63) is 59.7 Å². The van der Waals surface area contributed by atoms with E-state index in [1.54, 1.807) is 62.4 Å². The predicted octanol–water partition coefficient (Wildman–Crippen LogP) is 4.27. The second kappa shape index (κ2) is 10.9. The molecule has 1 aliphatic heterocycles. The summed E-state index contributed by atoms with van der Waals surface area (Å²) in [6, 6.07) is 13.1. The lowest BCUT2D eigenvalue weighted by Crippen LogP contribution is -2.24. The van der Waals surface area contributed by atoms with Crippen molar-refractivity contribution in [3.63, 3.8) is 0 Å². The van der Waals surface area contributed by atoms with E-state index < -0.39 is 12.1 Å². The highest BCUT2D eigenvalue weighted by molar-refractivity contribution is 6.02. The van der Waals surface area contributed by atoms with Crippen LogP contribution in [0.15, 0.2) is 48.5 Å². The first-order chi connectivity index (χ1) is 15.3. The van der Waals surface area contributed by atoms with E-state index in [4.69, 9.17) is 14.2 Å². The van der Waals surface area contributed by atoms with Crippen molar-refractivity contribution in [3.8, 4) is 5.75 Å². The minimum Gasteiger partial charge on any atom is -0.491 e. The van der Waals surface area contributed by atoms with E-state index in [2.05, 4.69) is 5.32 Å². The van der Waals surface area contributed by atoms with Gasteiger partial charge in [-0.05, 0) is 68.3 Å². The summed E-state index contributed by atoms with van der Waals surface area (Å²) in [5.41, 5.74) is 1.33. The first kappa shape index (κ1) is 23.5. The predicted molar refractivity (Wildman–Crippen MR) is 120 cm³/mol. The molecule has 7 nitrogen and oxygen atoms in total. The average molecular weight is 440 g/mol. The van der Waals surface area contributed by atoms with Crippen molar-refractivity contribution in [1.29, 1.82) is 0 Å². The molecule has 1 fully saturated rings. The first-order valence-electron chi connectivity index (χ1n) is 10.8. The maximum absolute atomic E-state index is 12.6. The molecule has 170 valence electrons. The van der Waals surface area contributed by atoms with Gasteiger partial charge in [0.1, 0.15) is 12.4 Å². The number of anilines is 1. The number of carbonyl (C=O) groups excluding carboxylic acids is 3. The molecule has 1 heterocycles. The maximum atomic E-state index is 12.6. The van der Waals surface area contributed by atoms with Gasteiger partial charge >= 0.3 is 5.97 Å². The van der Waals surface area contributed by atoms with Gasteiger partial charge in [-0.15, -0.1) is 0 Å². The van der Waals surface area contributed by atoms with Crippen LogP contribution >= 0.6 is 0 Å². The van der Waals surface area contributed by atoms with Crippen LogP contribution in [0.1, 0.15) is 54.3 Å². The molecule has 3 rings (SSSR count). The standard InChI is InChI=1S/C25H29NO6/c1-16(2)24(28)26-20-10-6-18(7-11-20)23(27)17(3)32-25(29)19-8-12-21(13-9-19)31-15-22-5-4-14-30-22/h6-13,16-17,22H,4-5,14-15H2,1-3H3,(H,26,28). The molecule has 2 atom stereocenters. The molecular formula is C25H29NO6. The van der Waals surface area contributed by atoms with Crippen LogP contribution in [0.25, 0.3) is 0 Å². The zero-order chi connectivity index (χ0) is 23.1. The molecule has 0 spiro atoms. The number of Topliss-reactive ketones (excluding diaryl/α,β-unsaturated/α-hetero) is 1. The minimum atomic E-state index is -0.950. The van der Waals surface area contributed by atoms with E-state index in [1.165, 1.54) is 6.92 Å². The fraction of sp³-hybridized carbons (Fsp3) is 0.400. The Labute approximate surface area is 188 Å². The Hall–Kier alpha value is -3.19. The fourth-order valence-corrected chi connectivity index (χ4v) is 3.17. The van der Waals surface area contributed by atoms with Gasteiger partial charge < -0.3 is 19.5 Å². The number of hydrogen-bond donors (Lipinski definition) is 1. The molecule has 2 unspecified atom stereocenters. The van der Waals surface area contributed by atoms with Crippen LogP contribution in [0, 0.1) is 5.92 Å². The number of hydrogen-bond acceptors (Lipinski definition) is 6. The van der Waals surface area contributed by atoms with Gasteiger partial charge in [0.25, 0.3) is 0 Å². The van der Waals surface area contributed by atoms with Crippen molar-refractivity contribution in [1.82, 2.24) is 0 Å². The lowest BCUT2D eigenvalue weighted by molar-refractivity contribution is -0.118. The third-order valence-electron chi connectivity index (χ3n) is 5.16. The molecule has 1 amide bonds. The van der Waals surface area contributed by atoms with Crippen molar-refractivity contribution in [2.45, 2.75) is 45.8 Å². The average Bonchev–Trinajstić information content (AvgIpc) is 3.31. The van der Waals surface area contributed by atoms with E-state index in [0.29, 0.717) is 29.2 Å². The molecule has 0 saturated carbocycles. The Kier molecular flexibility index (Phi) is 8.00. The highest BCUT2D eigenvalue weighted by Crippen LogP contribution is 2.18. The zero-order valence-electron chi connectivity index (χ0n) is 18.6. The number of ketones is 1. The number of nitrogens with one attached hydrogen (secondary N) is 1. The largest absolute Gasteiger partial charge is 0.491 e. The van der Waals surface area contributed by atoms with Gasteiger partial charge in [0.2, 0.25) is 11.7 Å². The smallest absolute Gasteiger partial charge is 0.338 e. The van der Waals surface area contributed by atoms with Crippen LogP contribution in [0.4, 0.5) is 5.69 Å². The van der Waals surface area contributed by atoms with Gasteiger partial charge in [0.15, 0.2) is 6.10 Å². The highest BCUT2D eigenvalue weighted by Gasteiger charge is 2.21. The summed E-state index contributed by atoms with van der Waals surface area (Å²) in [6.07, 6.45) is 1.21. The van der Waals surface area contributed by atoms with E-state index in [-0.39, 0.29) is 23.7 Å². The zero-order valence-corrected chi connectivity index (χ0v) is 18.6. The summed E-state index contributed by atoms with van der Waals surface area (Å²) >= 11 is 0. The van der Waals surface area contributed by atoms with Gasteiger partial charge in [-0.1, -0.05) is 13.8 Å². The molecular weight excluding hydrogens is 410 g/mol. The third kappa shape index (κ3) is 6.40. The molecule has 0 radical (unpaired) electrons. The van der Waals surface area contributed by atoms with Crippen molar-refractivity contribution >= 4 is 23.3 Å². The van der Waals surface area contributed by atoms with Crippen LogP contribution in [0.2, 0.25) is 0 Å². The van der Waals surface area contributed by atoms with E-state index >= 15 is 0 Å². The van der Waals surface area contributed by atoms with Crippen LogP contribution in [0.3, 0.4) is 0 Å². The number of esters is 1. The Morgan fingerprint density at radius 2 is 1.66 bits per heavy atom. The molecule has 0 bridgehead atoms. The molecule has 7 heteroatoms. The summed E-state index contributed by atoms with van der Waals surface area (Å²) in [5, 5.41) is 2.77. The van der Waals surface area contributed by atoms with Gasteiger partial charge in [-0.25, -0.2) is 4.79 Å². The molecule has 1 N–H and O–H groups in total. The van der Waals surface area contributed by atoms with Gasteiger partial charge in [0.05, 0.1) is 11.7 Å². The molecule has 2 aromatic carbocycles. The third-order valence-corrected chi connectivity index (χ3v) is 5.16. The Bertz CT molecular complexity index is 930. The number of ether oxygens (including phenoxy) is 3. The van der Waals surface area contributed by atoms with Crippen LogP contribution in [-0.2, 0) is 14.3 Å². The van der Waals surface area contributed by atoms with E-state index in [1.807, 2.05) is 0 Å². The Morgan fingerprint density at radius 3 is 2.25 bits per heavy atom. The van der Waals surface area contributed by atoms with Crippen molar-refractivity contribution in [2.24, 2.45) is 5.92 Å². The Balaban J connectivity index is 1.51. The van der Waals surface area contributed by atoms with E-state index in [9.17, 15) is 14.4 Å². The molecule has 1 aliphatic rings. The van der Waals surface area contributed by atoms with Crippen LogP contribution < -0.4 is 10.1 Å². The lowest BCUT2D eigenvalue weighted by Gasteiger charge is -2.14. The summed E-state index contributed by atoms with van der Waals surface area (Å²) in [7, 11) is 0. The number of amides is 1. The fourth-order valence-electron chi connectivity index (χ4n) is 3.17. The van der Waals surface area contributed by atoms with Gasteiger partial charge in [-0.3, -0.25) is 9.59 Å². The van der Waals surface area contributed by atoms with Crippen LogP contribution in [0.5, 0.6) is 5.75 Å². The number of carbonyl (C=O) groups is 3. The quantitative estimate of drug-likeness (QED) is 0.464. The van der Waals surface area contributed by atoms with Gasteiger partial charge in [-0.2, -0.15) is 0 Å². The molecule has 2 aromatic rings. The topological polar surface area (TPSA) is 90.9 Å². The summed E-state index contributed by atoms with van der Waals surface area (Å²) in [4.78, 5) is 36.8. The monoisotopic (exact) mass is 439 g/mol. The van der Waals surface area contributed by atoms with E-state index in [0.717, 1.165) is 19.4 Å². The molecule has 1 saturated heterocycles. The second-order valence-corrected chi connectivity index (χ2v) is 8.10. The summed E-state index contributed by atoms with van der Waals surface area (Å²) < 4.78 is 16.6. The second-order valence-electron chi connectivity index (χ2n) is 8.10. The molecule has 32 heavy (non-hydrogen) atoms. The summed E-state index contributed by atoms with van der Waals surface area (Å²) in [5.74, 6) is -0.507. The molecule has 0 aromatic heterocycles. The molecule has 0 aliphatic carbocycles. The SMILES string of the molecule is CC(C)C(=O)Nc1ccc(C(=O)C(C)OC(=O)c2ccc(OCC3CCCO3)cc2)cc1. The first-order valence-corrected chi connectivity index (χ1v) is 10.8. The number of rotatable bonds is 9.